The molecule has 0 radical (unpaired) electrons. The molecular weight excluding hydrogens is 502 g/mol. The Kier molecular flexibility index (Phi) is 22.7. The van der Waals surface area contributed by atoms with Crippen LogP contribution < -0.4 is 15.2 Å². The summed E-state index contributed by atoms with van der Waals surface area (Å²) < 4.78 is 7.37. The fraction of sp³-hybridized carbons (Fsp3) is 0.758. The lowest BCUT2D eigenvalue weighted by atomic mass is 10.1. The number of aryl methyl sites for hydroxylation is 1. The van der Waals surface area contributed by atoms with Gasteiger partial charge in [-0.25, -0.2) is 9.36 Å². The first-order valence-electron chi connectivity index (χ1n) is 16.2. The lowest BCUT2D eigenvalue weighted by Gasteiger charge is -2.17. The van der Waals surface area contributed by atoms with E-state index in [9.17, 15) is 14.4 Å². The van der Waals surface area contributed by atoms with Crippen molar-refractivity contribution in [3.05, 3.63) is 30.6 Å². The zero-order valence-electron chi connectivity index (χ0n) is 25.6. The van der Waals surface area contributed by atoms with Crippen LogP contribution in [0.25, 0.3) is 0 Å². The SMILES string of the molecule is CCCCCCCCCCCC(=O)NCCCCC(NC(=O)CCCCCCC[n+]1ccccc1)C(=O)OCC. The topological polar surface area (TPSA) is 88.4 Å². The Hall–Kier alpha value is -2.44. The first-order valence-corrected chi connectivity index (χ1v) is 16.2. The summed E-state index contributed by atoms with van der Waals surface area (Å²) in [5.41, 5.74) is 0. The van der Waals surface area contributed by atoms with E-state index in [1.54, 1.807) is 6.92 Å². The van der Waals surface area contributed by atoms with Crippen molar-refractivity contribution >= 4 is 17.8 Å². The minimum absolute atomic E-state index is 0.0906. The number of amides is 2. The molecular formula is C33H58N3O4+. The Morgan fingerprint density at radius 1 is 0.675 bits per heavy atom. The molecule has 40 heavy (non-hydrogen) atoms. The average Bonchev–Trinajstić information content (AvgIpc) is 2.95. The number of hydrogen-bond donors (Lipinski definition) is 2. The summed E-state index contributed by atoms with van der Waals surface area (Å²) in [6.07, 6.45) is 23.6. The van der Waals surface area contributed by atoms with Crippen molar-refractivity contribution in [1.82, 2.24) is 10.6 Å². The molecule has 1 unspecified atom stereocenters. The number of carbonyl (C=O) groups is 3. The zero-order valence-corrected chi connectivity index (χ0v) is 25.6. The normalized spacial score (nSPS) is 11.7. The standard InChI is InChI=1S/C33H57N3O4/c1-3-5-6-7-8-9-10-12-16-24-31(37)34-26-19-18-23-30(33(39)40-4-2)35-32(38)25-17-13-11-14-20-27-36-28-21-15-22-29-36/h15,21-22,28-30H,3-14,16-20,23-27H2,1-2H3,(H-,34,35,37,38)/p+1. The second-order valence-electron chi connectivity index (χ2n) is 10.9. The van der Waals surface area contributed by atoms with Gasteiger partial charge in [-0.15, -0.1) is 0 Å². The van der Waals surface area contributed by atoms with Crippen molar-refractivity contribution < 1.29 is 23.7 Å². The molecule has 0 saturated heterocycles. The maximum Gasteiger partial charge on any atom is 0.328 e. The van der Waals surface area contributed by atoms with Crippen molar-refractivity contribution in [2.24, 2.45) is 0 Å². The molecule has 0 aliphatic rings. The summed E-state index contributed by atoms with van der Waals surface area (Å²) in [5, 5.41) is 5.87. The predicted octanol–water partition coefficient (Wildman–Crippen LogP) is 6.57. The number of pyridine rings is 1. The highest BCUT2D eigenvalue weighted by Crippen LogP contribution is 2.11. The van der Waals surface area contributed by atoms with Gasteiger partial charge in [-0.05, 0) is 45.4 Å². The third-order valence-electron chi connectivity index (χ3n) is 7.25. The van der Waals surface area contributed by atoms with E-state index < -0.39 is 6.04 Å². The number of hydrogen-bond acceptors (Lipinski definition) is 4. The highest BCUT2D eigenvalue weighted by atomic mass is 16.5. The molecule has 1 rings (SSSR count). The van der Waals surface area contributed by atoms with Crippen molar-refractivity contribution in [3.8, 4) is 0 Å². The van der Waals surface area contributed by atoms with Gasteiger partial charge in [0.25, 0.3) is 0 Å². The molecule has 228 valence electrons. The van der Waals surface area contributed by atoms with E-state index >= 15 is 0 Å². The van der Waals surface area contributed by atoms with E-state index in [4.69, 9.17) is 4.74 Å². The Morgan fingerprint density at radius 3 is 1.88 bits per heavy atom. The van der Waals surface area contributed by atoms with Crippen LogP contribution in [0, 0.1) is 0 Å². The molecule has 2 amide bonds. The highest BCUT2D eigenvalue weighted by molar-refractivity contribution is 5.84. The molecule has 0 bridgehead atoms. The third-order valence-corrected chi connectivity index (χ3v) is 7.25. The lowest BCUT2D eigenvalue weighted by Crippen LogP contribution is -2.41. The maximum absolute atomic E-state index is 12.5. The second kappa shape index (κ2) is 25.5. The van der Waals surface area contributed by atoms with Crippen LogP contribution in [0.1, 0.15) is 136 Å². The number of nitrogens with zero attached hydrogens (tertiary/aromatic N) is 1. The predicted molar refractivity (Wildman–Crippen MR) is 162 cm³/mol. The van der Waals surface area contributed by atoms with E-state index in [2.05, 4.69) is 34.5 Å². The molecule has 7 heteroatoms. The van der Waals surface area contributed by atoms with Gasteiger partial charge in [-0.2, -0.15) is 0 Å². The lowest BCUT2D eigenvalue weighted by molar-refractivity contribution is -0.697. The summed E-state index contributed by atoms with van der Waals surface area (Å²) >= 11 is 0. The van der Waals surface area contributed by atoms with Gasteiger partial charge >= 0.3 is 5.97 Å². The van der Waals surface area contributed by atoms with E-state index in [-0.39, 0.29) is 17.8 Å². The molecule has 0 aliphatic heterocycles. The van der Waals surface area contributed by atoms with Gasteiger partial charge in [-0.3, -0.25) is 9.59 Å². The van der Waals surface area contributed by atoms with Crippen LogP contribution >= 0.6 is 0 Å². The fourth-order valence-electron chi connectivity index (χ4n) is 4.84. The van der Waals surface area contributed by atoms with Gasteiger partial charge in [0.1, 0.15) is 12.6 Å². The van der Waals surface area contributed by atoms with E-state index in [0.29, 0.717) is 32.4 Å². The molecule has 1 heterocycles. The first-order chi connectivity index (χ1) is 19.6. The van der Waals surface area contributed by atoms with Crippen molar-refractivity contribution in [1.29, 1.82) is 0 Å². The first kappa shape index (κ1) is 35.6. The molecule has 0 aromatic carbocycles. The number of ether oxygens (including phenoxy) is 1. The van der Waals surface area contributed by atoms with Crippen LogP contribution in [0.4, 0.5) is 0 Å². The van der Waals surface area contributed by atoms with Gasteiger partial charge in [0.15, 0.2) is 12.4 Å². The largest absolute Gasteiger partial charge is 0.464 e. The molecule has 0 spiro atoms. The summed E-state index contributed by atoms with van der Waals surface area (Å²) in [5.74, 6) is -0.354. The minimum Gasteiger partial charge on any atom is -0.464 e. The van der Waals surface area contributed by atoms with Gasteiger partial charge in [0, 0.05) is 37.9 Å². The molecule has 7 nitrogen and oxygen atoms in total. The molecule has 1 atom stereocenters. The van der Waals surface area contributed by atoms with Crippen LogP contribution in [-0.4, -0.2) is 37.0 Å². The summed E-state index contributed by atoms with van der Waals surface area (Å²) in [7, 11) is 0. The number of aromatic nitrogens is 1. The van der Waals surface area contributed by atoms with Gasteiger partial charge in [-0.1, -0.05) is 77.2 Å². The monoisotopic (exact) mass is 560 g/mol. The molecule has 0 aliphatic carbocycles. The van der Waals surface area contributed by atoms with E-state index in [1.807, 2.05) is 18.2 Å². The van der Waals surface area contributed by atoms with Crippen LogP contribution in [0.5, 0.6) is 0 Å². The molecule has 0 fully saturated rings. The van der Waals surface area contributed by atoms with Crippen LogP contribution in [0.15, 0.2) is 30.6 Å². The smallest absolute Gasteiger partial charge is 0.328 e. The van der Waals surface area contributed by atoms with E-state index in [1.165, 1.54) is 44.9 Å². The van der Waals surface area contributed by atoms with Crippen molar-refractivity contribution in [3.63, 3.8) is 0 Å². The molecule has 1 aromatic rings. The Bertz CT molecular complexity index is 772. The minimum atomic E-state index is -0.618. The number of unbranched alkanes of at least 4 members (excludes halogenated alkanes) is 13. The molecule has 1 aromatic heterocycles. The van der Waals surface area contributed by atoms with Gasteiger partial charge in [0.2, 0.25) is 11.8 Å². The zero-order chi connectivity index (χ0) is 29.1. The quantitative estimate of drug-likeness (QED) is 0.0762. The molecule has 0 saturated carbocycles. The number of nitrogens with one attached hydrogen (secondary N) is 2. The van der Waals surface area contributed by atoms with Gasteiger partial charge in [0.05, 0.1) is 6.61 Å². The van der Waals surface area contributed by atoms with Crippen molar-refractivity contribution in [2.75, 3.05) is 13.2 Å². The second-order valence-corrected chi connectivity index (χ2v) is 10.9. The Balaban J connectivity index is 2.10. The maximum atomic E-state index is 12.5. The number of esters is 1. The van der Waals surface area contributed by atoms with Crippen LogP contribution in [0.2, 0.25) is 0 Å². The van der Waals surface area contributed by atoms with Crippen LogP contribution in [-0.2, 0) is 25.7 Å². The Labute approximate surface area is 244 Å². The summed E-state index contributed by atoms with van der Waals surface area (Å²) in [4.78, 5) is 36.9. The summed E-state index contributed by atoms with van der Waals surface area (Å²) in [6, 6.07) is 5.49. The third kappa shape index (κ3) is 20.5. The highest BCUT2D eigenvalue weighted by Gasteiger charge is 2.21. The average molecular weight is 561 g/mol. The van der Waals surface area contributed by atoms with E-state index in [0.717, 1.165) is 64.3 Å². The Morgan fingerprint density at radius 2 is 1.25 bits per heavy atom. The number of carbonyl (C=O) groups excluding carboxylic acids is 3. The van der Waals surface area contributed by atoms with Gasteiger partial charge < -0.3 is 15.4 Å². The summed E-state index contributed by atoms with van der Waals surface area (Å²) in [6.45, 7) is 5.93. The molecule has 2 N–H and O–H groups in total. The van der Waals surface area contributed by atoms with Crippen molar-refractivity contribution in [2.45, 2.75) is 148 Å². The number of rotatable bonds is 26. The fourth-order valence-corrected chi connectivity index (χ4v) is 4.84. The van der Waals surface area contributed by atoms with Crippen LogP contribution in [0.3, 0.4) is 0 Å².